The number of fused-ring (bicyclic) bond motifs is 1. The van der Waals surface area contributed by atoms with E-state index in [-0.39, 0.29) is 0 Å². The molecule has 1 atom stereocenters. The van der Waals surface area contributed by atoms with Crippen LogP contribution in [0.25, 0.3) is 11.0 Å². The molecule has 0 radical (unpaired) electrons. The molecule has 1 aliphatic heterocycles. The summed E-state index contributed by atoms with van der Waals surface area (Å²) in [5.41, 5.74) is 2.19. The lowest BCUT2D eigenvalue weighted by molar-refractivity contribution is 0.288. The topological polar surface area (TPSA) is 21.1 Å². The second-order valence-corrected chi connectivity index (χ2v) is 6.70. The Balaban J connectivity index is 1.96. The molecule has 0 bridgehead atoms. The molecule has 1 aromatic heterocycles. The summed E-state index contributed by atoms with van der Waals surface area (Å²) in [4.78, 5) is 7.19. The highest BCUT2D eigenvalue weighted by atomic mass is 79.9. The van der Waals surface area contributed by atoms with Crippen molar-refractivity contribution in [3.05, 3.63) is 28.5 Å². The number of halogens is 2. The van der Waals surface area contributed by atoms with Gasteiger partial charge in [-0.05, 0) is 51.1 Å². The first-order valence-electron chi connectivity index (χ1n) is 7.13. The molecule has 1 fully saturated rings. The highest BCUT2D eigenvalue weighted by Crippen LogP contribution is 2.26. The number of hydrogen-bond acceptors (Lipinski definition) is 2. The van der Waals surface area contributed by atoms with E-state index in [9.17, 15) is 0 Å². The van der Waals surface area contributed by atoms with E-state index in [0.717, 1.165) is 22.4 Å². The molecule has 1 saturated heterocycles. The van der Waals surface area contributed by atoms with Crippen molar-refractivity contribution in [2.24, 2.45) is 0 Å². The van der Waals surface area contributed by atoms with Crippen molar-refractivity contribution in [1.82, 2.24) is 14.5 Å². The molecule has 1 aliphatic rings. The Bertz CT molecular complexity index is 604. The van der Waals surface area contributed by atoms with Gasteiger partial charge < -0.3 is 9.47 Å². The smallest absolute Gasteiger partial charge is 0.125 e. The van der Waals surface area contributed by atoms with E-state index >= 15 is 0 Å². The molecule has 0 amide bonds. The van der Waals surface area contributed by atoms with Crippen molar-refractivity contribution < 1.29 is 0 Å². The van der Waals surface area contributed by atoms with Gasteiger partial charge in [0.05, 0.1) is 16.9 Å². The second-order valence-electron chi connectivity index (χ2n) is 5.52. The van der Waals surface area contributed by atoms with Gasteiger partial charge in [-0.1, -0.05) is 15.9 Å². The number of benzene rings is 1. The zero-order chi connectivity index (χ0) is 14.1. The van der Waals surface area contributed by atoms with Gasteiger partial charge in [0.15, 0.2) is 0 Å². The predicted octanol–water partition coefficient (Wildman–Crippen LogP) is 4.19. The standard InChI is InChI=1S/C15H19BrClN3/c1-11(10-19-6-2-3-7-19)20-14-8-12(16)4-5-13(14)18-15(20)9-17/h4-5,8,11H,2-3,6-7,9-10H2,1H3. The Morgan fingerprint density at radius 2 is 2.10 bits per heavy atom. The van der Waals surface area contributed by atoms with Gasteiger partial charge in [0.2, 0.25) is 0 Å². The summed E-state index contributed by atoms with van der Waals surface area (Å²) in [6.07, 6.45) is 2.65. The minimum Gasteiger partial charge on any atom is -0.323 e. The normalized spacial score (nSPS) is 17.9. The van der Waals surface area contributed by atoms with Gasteiger partial charge in [-0.3, -0.25) is 0 Å². The average Bonchev–Trinajstić information content (AvgIpc) is 3.04. The SMILES string of the molecule is CC(CN1CCCC1)n1c(CCl)nc2ccc(Br)cc21. The van der Waals surface area contributed by atoms with E-state index in [4.69, 9.17) is 11.6 Å². The molecule has 3 rings (SSSR count). The monoisotopic (exact) mass is 355 g/mol. The van der Waals surface area contributed by atoms with Crippen molar-refractivity contribution >= 4 is 38.6 Å². The fraction of sp³-hybridized carbons (Fsp3) is 0.533. The third kappa shape index (κ3) is 2.74. The van der Waals surface area contributed by atoms with Crippen molar-refractivity contribution in [2.45, 2.75) is 31.7 Å². The van der Waals surface area contributed by atoms with Crippen LogP contribution in [0.15, 0.2) is 22.7 Å². The van der Waals surface area contributed by atoms with Crippen LogP contribution >= 0.6 is 27.5 Å². The molecule has 20 heavy (non-hydrogen) atoms. The summed E-state index contributed by atoms with van der Waals surface area (Å²) >= 11 is 9.65. The minimum atomic E-state index is 0.390. The summed E-state index contributed by atoms with van der Waals surface area (Å²) < 4.78 is 3.38. The average molecular weight is 357 g/mol. The van der Waals surface area contributed by atoms with Crippen LogP contribution in [0.1, 0.15) is 31.6 Å². The fourth-order valence-electron chi connectivity index (χ4n) is 3.12. The zero-order valence-electron chi connectivity index (χ0n) is 11.6. The van der Waals surface area contributed by atoms with Crippen LogP contribution in [0.4, 0.5) is 0 Å². The lowest BCUT2D eigenvalue weighted by Crippen LogP contribution is -2.27. The number of nitrogens with zero attached hydrogens (tertiary/aromatic N) is 3. The lowest BCUT2D eigenvalue weighted by Gasteiger charge is -2.23. The molecule has 3 nitrogen and oxygen atoms in total. The van der Waals surface area contributed by atoms with Crippen LogP contribution in [0, 0.1) is 0 Å². The molecule has 0 aliphatic carbocycles. The number of imidazole rings is 1. The van der Waals surface area contributed by atoms with Gasteiger partial charge >= 0.3 is 0 Å². The van der Waals surface area contributed by atoms with Gasteiger partial charge in [-0.25, -0.2) is 4.98 Å². The van der Waals surface area contributed by atoms with Crippen molar-refractivity contribution in [3.63, 3.8) is 0 Å². The maximum absolute atomic E-state index is 6.10. The first-order chi connectivity index (χ1) is 9.69. The van der Waals surface area contributed by atoms with Gasteiger partial charge in [0, 0.05) is 17.1 Å². The maximum Gasteiger partial charge on any atom is 0.125 e. The van der Waals surface area contributed by atoms with Gasteiger partial charge in [0.1, 0.15) is 5.82 Å². The van der Waals surface area contributed by atoms with Crippen molar-refractivity contribution in [1.29, 1.82) is 0 Å². The van der Waals surface area contributed by atoms with E-state index in [2.05, 4.69) is 49.4 Å². The van der Waals surface area contributed by atoms with E-state index < -0.39 is 0 Å². The molecule has 0 spiro atoms. The fourth-order valence-corrected chi connectivity index (χ4v) is 3.66. The molecule has 1 aromatic carbocycles. The molecule has 2 aromatic rings. The quantitative estimate of drug-likeness (QED) is 0.766. The van der Waals surface area contributed by atoms with Gasteiger partial charge in [-0.15, -0.1) is 11.6 Å². The predicted molar refractivity (Wildman–Crippen MR) is 87.4 cm³/mol. The van der Waals surface area contributed by atoms with Crippen LogP contribution in [-0.2, 0) is 5.88 Å². The Labute approximate surface area is 133 Å². The molecule has 5 heteroatoms. The Morgan fingerprint density at radius 3 is 2.80 bits per heavy atom. The van der Waals surface area contributed by atoms with E-state index in [1.54, 1.807) is 0 Å². The summed E-state index contributed by atoms with van der Waals surface area (Å²) in [7, 11) is 0. The molecule has 1 unspecified atom stereocenters. The number of hydrogen-bond donors (Lipinski definition) is 0. The molecule has 2 heterocycles. The third-order valence-corrected chi connectivity index (χ3v) is 4.74. The molecule has 108 valence electrons. The van der Waals surface area contributed by atoms with Crippen LogP contribution in [0.2, 0.25) is 0 Å². The summed E-state index contributed by atoms with van der Waals surface area (Å²) in [5.74, 6) is 1.42. The second kappa shape index (κ2) is 6.04. The number of alkyl halides is 1. The summed E-state index contributed by atoms with van der Waals surface area (Å²) in [6, 6.07) is 6.61. The summed E-state index contributed by atoms with van der Waals surface area (Å²) in [6.45, 7) is 5.77. The Kier molecular flexibility index (Phi) is 4.34. The van der Waals surface area contributed by atoms with E-state index in [1.807, 2.05) is 6.07 Å². The number of aromatic nitrogens is 2. The largest absolute Gasteiger partial charge is 0.323 e. The number of rotatable bonds is 4. The van der Waals surface area contributed by atoms with Crippen LogP contribution in [0.5, 0.6) is 0 Å². The van der Waals surface area contributed by atoms with E-state index in [1.165, 1.54) is 31.4 Å². The molecule has 0 N–H and O–H groups in total. The Morgan fingerprint density at radius 1 is 1.35 bits per heavy atom. The third-order valence-electron chi connectivity index (χ3n) is 4.01. The molecular weight excluding hydrogens is 338 g/mol. The molecule has 0 saturated carbocycles. The van der Waals surface area contributed by atoms with Gasteiger partial charge in [0.25, 0.3) is 0 Å². The van der Waals surface area contributed by atoms with Gasteiger partial charge in [-0.2, -0.15) is 0 Å². The van der Waals surface area contributed by atoms with E-state index in [0.29, 0.717) is 11.9 Å². The maximum atomic E-state index is 6.10. The van der Waals surface area contributed by atoms with Crippen molar-refractivity contribution in [2.75, 3.05) is 19.6 Å². The van der Waals surface area contributed by atoms with Crippen LogP contribution in [-0.4, -0.2) is 34.1 Å². The first-order valence-corrected chi connectivity index (χ1v) is 8.46. The highest BCUT2D eigenvalue weighted by Gasteiger charge is 2.20. The minimum absolute atomic E-state index is 0.390. The lowest BCUT2D eigenvalue weighted by atomic mass is 10.2. The molecular formula is C15H19BrClN3. The summed E-state index contributed by atoms with van der Waals surface area (Å²) in [5, 5.41) is 0. The van der Waals surface area contributed by atoms with Crippen molar-refractivity contribution in [3.8, 4) is 0 Å². The van der Waals surface area contributed by atoms with Crippen LogP contribution < -0.4 is 0 Å². The Hall–Kier alpha value is -0.580. The zero-order valence-corrected chi connectivity index (χ0v) is 14.0. The number of likely N-dealkylation sites (tertiary alicyclic amines) is 1. The highest BCUT2D eigenvalue weighted by molar-refractivity contribution is 9.10. The first kappa shape index (κ1) is 14.4. The van der Waals surface area contributed by atoms with Crippen LogP contribution in [0.3, 0.4) is 0 Å².